The van der Waals surface area contributed by atoms with Crippen LogP contribution in [0.3, 0.4) is 0 Å². The van der Waals surface area contributed by atoms with Gasteiger partial charge in [0.05, 0.1) is 20.6 Å². The molecule has 0 aliphatic carbocycles. The topological polar surface area (TPSA) is 67.9 Å². The molecule has 1 aliphatic heterocycles. The lowest BCUT2D eigenvalue weighted by Gasteiger charge is -2.17. The van der Waals surface area contributed by atoms with E-state index in [4.69, 9.17) is 9.47 Å². The summed E-state index contributed by atoms with van der Waals surface area (Å²) in [6, 6.07) is 14.9. The minimum atomic E-state index is -0.0458. The molecule has 1 fully saturated rings. The van der Waals surface area contributed by atoms with Gasteiger partial charge in [-0.3, -0.25) is 9.59 Å². The van der Waals surface area contributed by atoms with E-state index in [9.17, 15) is 9.59 Å². The highest BCUT2D eigenvalue weighted by atomic mass is 16.5. The van der Waals surface area contributed by atoms with Gasteiger partial charge in [0.25, 0.3) is 0 Å². The molecule has 3 rings (SSSR count). The molecule has 1 saturated heterocycles. The maximum Gasteiger partial charge on any atom is 0.227 e. The van der Waals surface area contributed by atoms with Crippen molar-refractivity contribution < 1.29 is 19.1 Å². The Kier molecular flexibility index (Phi) is 5.96. The van der Waals surface area contributed by atoms with Crippen molar-refractivity contribution in [3.05, 3.63) is 54.1 Å². The summed E-state index contributed by atoms with van der Waals surface area (Å²) in [6.45, 7) is 1.10. The number of ether oxygens (including phenoxy) is 2. The normalized spacial score (nSPS) is 16.3. The smallest absolute Gasteiger partial charge is 0.227 e. The zero-order valence-electron chi connectivity index (χ0n) is 15.6. The van der Waals surface area contributed by atoms with Crippen LogP contribution in [0.4, 0.5) is 5.69 Å². The van der Waals surface area contributed by atoms with Gasteiger partial charge < -0.3 is 19.7 Å². The lowest BCUT2D eigenvalue weighted by Crippen LogP contribution is -2.32. The number of carbonyl (C=O) groups excluding carboxylic acids is 2. The minimum Gasteiger partial charge on any atom is -0.497 e. The molecule has 6 nitrogen and oxygen atoms in total. The van der Waals surface area contributed by atoms with E-state index in [0.29, 0.717) is 25.9 Å². The van der Waals surface area contributed by atoms with E-state index in [0.717, 1.165) is 22.7 Å². The van der Waals surface area contributed by atoms with Gasteiger partial charge in [0.2, 0.25) is 11.8 Å². The van der Waals surface area contributed by atoms with Gasteiger partial charge in [0.1, 0.15) is 11.5 Å². The van der Waals surface area contributed by atoms with Crippen molar-refractivity contribution in [3.63, 3.8) is 0 Å². The second kappa shape index (κ2) is 8.58. The molecule has 1 aliphatic rings. The Hall–Kier alpha value is -3.02. The van der Waals surface area contributed by atoms with Gasteiger partial charge in [-0.05, 0) is 42.0 Å². The van der Waals surface area contributed by atoms with E-state index >= 15 is 0 Å². The van der Waals surface area contributed by atoms with Gasteiger partial charge in [-0.2, -0.15) is 0 Å². The van der Waals surface area contributed by atoms with Crippen molar-refractivity contribution in [1.29, 1.82) is 0 Å². The summed E-state index contributed by atoms with van der Waals surface area (Å²) in [7, 11) is 3.22. The van der Waals surface area contributed by atoms with E-state index in [-0.39, 0.29) is 17.7 Å². The molecule has 1 N–H and O–H groups in total. The number of carbonyl (C=O) groups is 2. The highest BCUT2D eigenvalue weighted by Crippen LogP contribution is 2.26. The summed E-state index contributed by atoms with van der Waals surface area (Å²) in [5.74, 6) is 1.67. The SMILES string of the molecule is COc1ccc(CC(=O)NCC2CC(=O)N(c3ccc(OC)cc3)C2)cc1. The summed E-state index contributed by atoms with van der Waals surface area (Å²) >= 11 is 0. The minimum absolute atomic E-state index is 0.0458. The van der Waals surface area contributed by atoms with E-state index < -0.39 is 0 Å². The molecule has 1 heterocycles. The van der Waals surface area contributed by atoms with E-state index in [1.807, 2.05) is 48.5 Å². The third kappa shape index (κ3) is 4.78. The Morgan fingerprint density at radius 3 is 2.22 bits per heavy atom. The molecule has 6 heteroatoms. The van der Waals surface area contributed by atoms with E-state index in [1.54, 1.807) is 19.1 Å². The molecule has 142 valence electrons. The molecule has 1 unspecified atom stereocenters. The Balaban J connectivity index is 1.49. The van der Waals surface area contributed by atoms with Crippen LogP contribution in [0, 0.1) is 5.92 Å². The molecule has 27 heavy (non-hydrogen) atoms. The molecule has 1 atom stereocenters. The maximum atomic E-state index is 12.3. The zero-order valence-corrected chi connectivity index (χ0v) is 15.6. The average Bonchev–Trinajstić information content (AvgIpc) is 3.07. The van der Waals surface area contributed by atoms with Crippen LogP contribution >= 0.6 is 0 Å². The largest absolute Gasteiger partial charge is 0.497 e. The Labute approximate surface area is 159 Å². The zero-order chi connectivity index (χ0) is 19.2. The summed E-state index contributed by atoms with van der Waals surface area (Å²) in [5.41, 5.74) is 1.78. The van der Waals surface area contributed by atoms with Gasteiger partial charge in [-0.1, -0.05) is 12.1 Å². The number of hydrogen-bond acceptors (Lipinski definition) is 4. The first kappa shape index (κ1) is 18.8. The fourth-order valence-corrected chi connectivity index (χ4v) is 3.18. The average molecular weight is 368 g/mol. The van der Waals surface area contributed by atoms with Gasteiger partial charge in [0.15, 0.2) is 0 Å². The third-order valence-corrected chi connectivity index (χ3v) is 4.70. The lowest BCUT2D eigenvalue weighted by molar-refractivity contribution is -0.121. The van der Waals surface area contributed by atoms with Gasteiger partial charge in [-0.25, -0.2) is 0 Å². The second-order valence-electron chi connectivity index (χ2n) is 6.60. The Morgan fingerprint density at radius 1 is 1.04 bits per heavy atom. The van der Waals surface area contributed by atoms with Crippen LogP contribution in [0.15, 0.2) is 48.5 Å². The van der Waals surface area contributed by atoms with Crippen molar-refractivity contribution in [1.82, 2.24) is 5.32 Å². The summed E-state index contributed by atoms with van der Waals surface area (Å²) < 4.78 is 10.3. The molecular weight excluding hydrogens is 344 g/mol. The lowest BCUT2D eigenvalue weighted by atomic mass is 10.1. The number of benzene rings is 2. The molecule has 2 aromatic rings. The quantitative estimate of drug-likeness (QED) is 0.815. The Morgan fingerprint density at radius 2 is 1.63 bits per heavy atom. The molecule has 0 bridgehead atoms. The van der Waals surface area contributed by atoms with Crippen molar-refractivity contribution in [2.75, 3.05) is 32.2 Å². The number of amides is 2. The van der Waals surface area contributed by atoms with E-state index in [1.165, 1.54) is 0 Å². The Bertz CT molecular complexity index is 787. The van der Waals surface area contributed by atoms with Crippen LogP contribution < -0.4 is 19.7 Å². The number of nitrogens with zero attached hydrogens (tertiary/aromatic N) is 1. The second-order valence-corrected chi connectivity index (χ2v) is 6.60. The number of nitrogens with one attached hydrogen (secondary N) is 1. The van der Waals surface area contributed by atoms with Crippen molar-refractivity contribution in [2.24, 2.45) is 5.92 Å². The third-order valence-electron chi connectivity index (χ3n) is 4.70. The van der Waals surface area contributed by atoms with Crippen molar-refractivity contribution in [3.8, 4) is 11.5 Å². The first-order valence-electron chi connectivity index (χ1n) is 8.93. The molecule has 0 radical (unpaired) electrons. The van der Waals surface area contributed by atoms with Crippen LogP contribution in [0.5, 0.6) is 11.5 Å². The molecule has 0 spiro atoms. The summed E-state index contributed by atoms with van der Waals surface area (Å²) in [5, 5.41) is 2.94. The number of methoxy groups -OCH3 is 2. The standard InChI is InChI=1S/C21H24N2O4/c1-26-18-7-3-15(4-8-18)11-20(24)22-13-16-12-21(25)23(14-16)17-5-9-19(27-2)10-6-17/h3-10,16H,11-14H2,1-2H3,(H,22,24). The van der Waals surface area contributed by atoms with E-state index in [2.05, 4.69) is 5.32 Å². The fourth-order valence-electron chi connectivity index (χ4n) is 3.18. The predicted molar refractivity (Wildman–Crippen MR) is 103 cm³/mol. The molecule has 0 saturated carbocycles. The molecule has 2 aromatic carbocycles. The van der Waals surface area contributed by atoms with Crippen LogP contribution in [0.2, 0.25) is 0 Å². The van der Waals surface area contributed by atoms with Crippen molar-refractivity contribution in [2.45, 2.75) is 12.8 Å². The fraction of sp³-hybridized carbons (Fsp3) is 0.333. The van der Waals surface area contributed by atoms with Crippen LogP contribution in [-0.4, -0.2) is 39.1 Å². The van der Waals surface area contributed by atoms with Gasteiger partial charge >= 0.3 is 0 Å². The number of anilines is 1. The molecule has 2 amide bonds. The first-order valence-corrected chi connectivity index (χ1v) is 8.93. The van der Waals surface area contributed by atoms with Crippen LogP contribution in [0.1, 0.15) is 12.0 Å². The number of rotatable bonds is 7. The van der Waals surface area contributed by atoms with Crippen molar-refractivity contribution >= 4 is 17.5 Å². The number of hydrogen-bond donors (Lipinski definition) is 1. The van der Waals surface area contributed by atoms with Crippen LogP contribution in [0.25, 0.3) is 0 Å². The van der Waals surface area contributed by atoms with Crippen LogP contribution in [-0.2, 0) is 16.0 Å². The predicted octanol–water partition coefficient (Wildman–Crippen LogP) is 2.42. The first-order chi connectivity index (χ1) is 13.1. The highest BCUT2D eigenvalue weighted by molar-refractivity contribution is 5.95. The monoisotopic (exact) mass is 368 g/mol. The summed E-state index contributed by atoms with van der Waals surface area (Å²) in [6.07, 6.45) is 0.752. The maximum absolute atomic E-state index is 12.3. The summed E-state index contributed by atoms with van der Waals surface area (Å²) in [4.78, 5) is 26.2. The van der Waals surface area contributed by atoms with Gasteiger partial charge in [-0.15, -0.1) is 0 Å². The molecular formula is C21H24N2O4. The van der Waals surface area contributed by atoms with Gasteiger partial charge in [0, 0.05) is 31.1 Å². The molecule has 0 aromatic heterocycles. The highest BCUT2D eigenvalue weighted by Gasteiger charge is 2.30.